The molecule has 1 aromatic carbocycles. The van der Waals surface area contributed by atoms with Crippen molar-refractivity contribution in [3.63, 3.8) is 0 Å². The first kappa shape index (κ1) is 22.4. The van der Waals surface area contributed by atoms with Gasteiger partial charge in [-0.1, -0.05) is 60.7 Å². The summed E-state index contributed by atoms with van der Waals surface area (Å²) in [6, 6.07) is 5.77. The zero-order chi connectivity index (χ0) is 14.6. The van der Waals surface area contributed by atoms with E-state index >= 15 is 0 Å². The molecule has 0 aliphatic heterocycles. The van der Waals surface area contributed by atoms with Gasteiger partial charge in [-0.25, -0.2) is 0 Å². The van der Waals surface area contributed by atoms with Crippen LogP contribution in [0.4, 0.5) is 0 Å². The lowest BCUT2D eigenvalue weighted by Gasteiger charge is -2.29. The van der Waals surface area contributed by atoms with Gasteiger partial charge in [0.1, 0.15) is 5.75 Å². The molecule has 0 spiro atoms. The summed E-state index contributed by atoms with van der Waals surface area (Å²) in [4.78, 5) is 20.9. The molecular formula is C15H27O5P-2. The van der Waals surface area contributed by atoms with Crippen LogP contribution in [-0.2, 0) is 9.09 Å². The van der Waals surface area contributed by atoms with E-state index in [1.807, 2.05) is 45.9 Å². The number of ether oxygens (including phenoxy) is 1. The first-order valence-corrected chi connectivity index (χ1v) is 7.60. The van der Waals surface area contributed by atoms with Crippen LogP contribution in [0, 0.1) is 0 Å². The van der Waals surface area contributed by atoms with Crippen molar-refractivity contribution in [1.29, 1.82) is 0 Å². The van der Waals surface area contributed by atoms with E-state index < -0.39 is 14.6 Å². The molecule has 0 aromatic heterocycles. The summed E-state index contributed by atoms with van der Waals surface area (Å²) in [5.41, 5.74) is 1.92. The minimum Gasteiger partial charge on any atom is -0.790 e. The van der Waals surface area contributed by atoms with Crippen molar-refractivity contribution in [2.75, 3.05) is 6.79 Å². The van der Waals surface area contributed by atoms with Crippen molar-refractivity contribution < 1.29 is 23.6 Å². The molecule has 0 radical (unpaired) electrons. The fraction of sp³-hybridized carbons (Fsp3) is 0.600. The highest BCUT2D eigenvalue weighted by molar-refractivity contribution is 7.43. The number of rotatable bonds is 6. The van der Waals surface area contributed by atoms with E-state index in [2.05, 4.69) is 4.52 Å². The van der Waals surface area contributed by atoms with Gasteiger partial charge >= 0.3 is 0 Å². The predicted molar refractivity (Wildman–Crippen MR) is 82.3 cm³/mol. The minimum absolute atomic E-state index is 0. The standard InChI is InChI=1S/C13H21O5P.2CH4/c1-9(2)11-6-5-7-12(10(3)4)13(11)17-8-18-19(14,15)16;;/h5-7,9-10H,8H2,1-4H3,(H2,14,15,16);2*1H4/p-2. The van der Waals surface area contributed by atoms with Crippen LogP contribution in [0.1, 0.15) is 65.5 Å². The Bertz CT molecular complexity index is 439. The Balaban J connectivity index is 0. The van der Waals surface area contributed by atoms with Crippen molar-refractivity contribution in [3.05, 3.63) is 29.3 Å². The summed E-state index contributed by atoms with van der Waals surface area (Å²) in [5.74, 6) is 1.04. The molecule has 0 heterocycles. The van der Waals surface area contributed by atoms with Gasteiger partial charge in [0, 0.05) is 0 Å². The summed E-state index contributed by atoms with van der Waals surface area (Å²) in [6.45, 7) is 7.46. The number of phosphoric acid groups is 1. The highest BCUT2D eigenvalue weighted by Gasteiger charge is 2.15. The van der Waals surface area contributed by atoms with Gasteiger partial charge in [-0.15, -0.1) is 0 Å². The van der Waals surface area contributed by atoms with Gasteiger partial charge in [0.2, 0.25) is 0 Å². The summed E-state index contributed by atoms with van der Waals surface area (Å²) in [5, 5.41) is 0. The second-order valence-electron chi connectivity index (χ2n) is 4.91. The van der Waals surface area contributed by atoms with E-state index in [9.17, 15) is 14.4 Å². The Labute approximate surface area is 128 Å². The molecule has 0 aliphatic rings. The van der Waals surface area contributed by atoms with Gasteiger partial charge < -0.3 is 23.6 Å². The van der Waals surface area contributed by atoms with Crippen LogP contribution in [0.15, 0.2) is 18.2 Å². The van der Waals surface area contributed by atoms with Crippen LogP contribution in [0.25, 0.3) is 0 Å². The number of phosphoric ester groups is 1. The Morgan fingerprint density at radius 3 is 1.81 bits per heavy atom. The van der Waals surface area contributed by atoms with Gasteiger partial charge in [-0.2, -0.15) is 0 Å². The Morgan fingerprint density at radius 2 is 1.48 bits per heavy atom. The van der Waals surface area contributed by atoms with E-state index in [4.69, 9.17) is 4.74 Å². The van der Waals surface area contributed by atoms with Crippen molar-refractivity contribution in [2.24, 2.45) is 0 Å². The molecule has 21 heavy (non-hydrogen) atoms. The number of hydrogen-bond acceptors (Lipinski definition) is 5. The second kappa shape index (κ2) is 9.21. The average Bonchev–Trinajstić information content (AvgIpc) is 2.26. The van der Waals surface area contributed by atoms with Crippen LogP contribution >= 0.6 is 7.82 Å². The summed E-state index contributed by atoms with van der Waals surface area (Å²) in [7, 11) is -5.01. The smallest absolute Gasteiger partial charge is 0.193 e. The summed E-state index contributed by atoms with van der Waals surface area (Å²) >= 11 is 0. The minimum atomic E-state index is -5.01. The van der Waals surface area contributed by atoms with E-state index in [1.54, 1.807) is 0 Å². The predicted octanol–water partition coefficient (Wildman–Crippen LogP) is 3.39. The molecule has 0 bridgehead atoms. The molecule has 1 aromatic rings. The van der Waals surface area contributed by atoms with Crippen molar-refractivity contribution in [3.8, 4) is 5.75 Å². The molecule has 0 N–H and O–H groups in total. The fourth-order valence-corrected chi connectivity index (χ4v) is 1.98. The van der Waals surface area contributed by atoms with Crippen LogP contribution in [-0.4, -0.2) is 6.79 Å². The molecule has 0 fully saturated rings. The summed E-state index contributed by atoms with van der Waals surface area (Å²) < 4.78 is 19.9. The molecule has 0 atom stereocenters. The lowest BCUT2D eigenvalue weighted by atomic mass is 9.94. The topological polar surface area (TPSA) is 81.7 Å². The summed E-state index contributed by atoms with van der Waals surface area (Å²) in [6.07, 6.45) is 0. The molecule has 0 aliphatic carbocycles. The van der Waals surface area contributed by atoms with Gasteiger partial charge in [0.05, 0.1) is 7.82 Å². The largest absolute Gasteiger partial charge is 0.790 e. The zero-order valence-corrected chi connectivity index (χ0v) is 12.5. The van der Waals surface area contributed by atoms with Gasteiger partial charge in [-0.05, 0) is 23.0 Å². The third-order valence-electron chi connectivity index (χ3n) is 2.73. The molecule has 0 saturated heterocycles. The average molecular weight is 318 g/mol. The SMILES string of the molecule is C.C.CC(C)c1cccc(C(C)C)c1OCOP(=O)([O-])[O-]. The molecule has 1 rings (SSSR count). The molecule has 0 amide bonds. The molecular weight excluding hydrogens is 291 g/mol. The van der Waals surface area contributed by atoms with Crippen molar-refractivity contribution in [1.82, 2.24) is 0 Å². The Hall–Kier alpha value is -0.870. The van der Waals surface area contributed by atoms with Gasteiger partial charge in [0.25, 0.3) is 0 Å². The molecule has 5 nitrogen and oxygen atoms in total. The van der Waals surface area contributed by atoms with Crippen LogP contribution in [0.5, 0.6) is 5.75 Å². The highest BCUT2D eigenvalue weighted by atomic mass is 31.2. The maximum atomic E-state index is 10.4. The van der Waals surface area contributed by atoms with Crippen LogP contribution in [0.3, 0.4) is 0 Å². The van der Waals surface area contributed by atoms with Gasteiger partial charge in [-0.3, -0.25) is 0 Å². The van der Waals surface area contributed by atoms with Crippen molar-refractivity contribution in [2.45, 2.75) is 54.4 Å². The molecule has 0 saturated carbocycles. The third kappa shape index (κ3) is 7.09. The van der Waals surface area contributed by atoms with E-state index in [0.29, 0.717) is 5.75 Å². The maximum Gasteiger partial charge on any atom is 0.193 e. The van der Waals surface area contributed by atoms with Crippen LogP contribution in [0.2, 0.25) is 0 Å². The normalized spacial score (nSPS) is 11.0. The third-order valence-corrected chi connectivity index (χ3v) is 3.16. The maximum absolute atomic E-state index is 10.4. The first-order chi connectivity index (χ1) is 8.72. The number of hydrogen-bond donors (Lipinski definition) is 0. The first-order valence-electron chi connectivity index (χ1n) is 6.14. The van der Waals surface area contributed by atoms with E-state index in [0.717, 1.165) is 11.1 Å². The Morgan fingerprint density at radius 1 is 1.05 bits per heavy atom. The lowest BCUT2D eigenvalue weighted by Crippen LogP contribution is -2.19. The molecule has 0 unspecified atom stereocenters. The van der Waals surface area contributed by atoms with E-state index in [1.165, 1.54) is 0 Å². The van der Waals surface area contributed by atoms with E-state index in [-0.39, 0.29) is 26.7 Å². The van der Waals surface area contributed by atoms with Crippen LogP contribution < -0.4 is 14.5 Å². The fourth-order valence-electron chi connectivity index (χ4n) is 1.80. The van der Waals surface area contributed by atoms with Gasteiger partial charge in [0.15, 0.2) is 6.79 Å². The zero-order valence-electron chi connectivity index (χ0n) is 11.6. The highest BCUT2D eigenvalue weighted by Crippen LogP contribution is 2.35. The Kier molecular flexibility index (Phi) is 9.83. The number of para-hydroxylation sites is 1. The monoisotopic (exact) mass is 318 g/mol. The lowest BCUT2D eigenvalue weighted by molar-refractivity contribution is -0.344. The molecule has 124 valence electrons. The second-order valence-corrected chi connectivity index (χ2v) is 6.07. The molecule has 6 heteroatoms. The quantitative estimate of drug-likeness (QED) is 0.593. The number of benzene rings is 1. The van der Waals surface area contributed by atoms with Crippen molar-refractivity contribution >= 4 is 7.82 Å².